The normalized spacial score (nSPS) is 10.6. The summed E-state index contributed by atoms with van der Waals surface area (Å²) in [7, 11) is 0. The zero-order chi connectivity index (χ0) is 14.4. The molecule has 0 unspecified atom stereocenters. The predicted octanol–water partition coefficient (Wildman–Crippen LogP) is 2.72. The number of carbonyl (C=O) groups is 1. The van der Waals surface area contributed by atoms with Gasteiger partial charge in [-0.1, -0.05) is 36.4 Å². The summed E-state index contributed by atoms with van der Waals surface area (Å²) < 4.78 is 5.12. The minimum Gasteiger partial charge on any atom is -0.458 e. The third-order valence-electron chi connectivity index (χ3n) is 2.72. The van der Waals surface area contributed by atoms with Crippen molar-refractivity contribution in [1.29, 1.82) is 0 Å². The fourth-order valence-corrected chi connectivity index (χ4v) is 1.72. The van der Waals surface area contributed by atoms with Crippen LogP contribution in [0.25, 0.3) is 6.08 Å². The van der Waals surface area contributed by atoms with Crippen molar-refractivity contribution in [3.63, 3.8) is 0 Å². The van der Waals surface area contributed by atoms with Crippen LogP contribution in [0.5, 0.6) is 0 Å². The standard InChI is InChI=1S/C16H16N2O2/c17-13-8-9-14(15(18)11-13)16(19)20-10-4-7-12-5-2-1-3-6-12/h1-9,11H,10,17-18H2. The molecule has 4 heteroatoms. The summed E-state index contributed by atoms with van der Waals surface area (Å²) in [6, 6.07) is 14.5. The second-order valence-electron chi connectivity index (χ2n) is 4.26. The Labute approximate surface area is 117 Å². The molecule has 102 valence electrons. The lowest BCUT2D eigenvalue weighted by Gasteiger charge is -2.05. The second kappa shape index (κ2) is 6.43. The van der Waals surface area contributed by atoms with Crippen LogP contribution in [0.15, 0.2) is 54.6 Å². The van der Waals surface area contributed by atoms with E-state index in [9.17, 15) is 4.79 Å². The molecule has 0 radical (unpaired) electrons. The molecule has 0 amide bonds. The summed E-state index contributed by atoms with van der Waals surface area (Å²) in [5.74, 6) is -0.458. The number of ether oxygens (including phenoxy) is 1. The zero-order valence-electron chi connectivity index (χ0n) is 11.0. The van der Waals surface area contributed by atoms with Gasteiger partial charge in [0, 0.05) is 11.4 Å². The third kappa shape index (κ3) is 3.62. The van der Waals surface area contributed by atoms with E-state index in [1.807, 2.05) is 36.4 Å². The first kappa shape index (κ1) is 13.7. The molecule has 0 bridgehead atoms. The number of anilines is 2. The molecule has 0 fully saturated rings. The van der Waals surface area contributed by atoms with Gasteiger partial charge in [0.1, 0.15) is 6.61 Å². The van der Waals surface area contributed by atoms with Crippen LogP contribution in [-0.4, -0.2) is 12.6 Å². The van der Waals surface area contributed by atoms with Crippen LogP contribution < -0.4 is 11.5 Å². The first-order valence-electron chi connectivity index (χ1n) is 6.20. The molecule has 0 aliphatic carbocycles. The van der Waals surface area contributed by atoms with Gasteiger partial charge in [-0.25, -0.2) is 4.79 Å². The van der Waals surface area contributed by atoms with Crippen molar-refractivity contribution in [2.24, 2.45) is 0 Å². The average molecular weight is 268 g/mol. The molecule has 4 nitrogen and oxygen atoms in total. The molecule has 0 aliphatic rings. The third-order valence-corrected chi connectivity index (χ3v) is 2.72. The smallest absolute Gasteiger partial charge is 0.340 e. The first-order chi connectivity index (χ1) is 9.66. The fourth-order valence-electron chi connectivity index (χ4n) is 1.72. The molecule has 20 heavy (non-hydrogen) atoms. The Balaban J connectivity index is 1.91. The predicted molar refractivity (Wildman–Crippen MR) is 81.0 cm³/mol. The van der Waals surface area contributed by atoms with E-state index in [0.717, 1.165) is 5.56 Å². The molecule has 2 rings (SSSR count). The highest BCUT2D eigenvalue weighted by Gasteiger charge is 2.10. The average Bonchev–Trinajstić information content (AvgIpc) is 2.44. The number of nitrogen functional groups attached to an aromatic ring is 2. The minimum absolute atomic E-state index is 0.192. The van der Waals surface area contributed by atoms with Gasteiger partial charge in [-0.15, -0.1) is 0 Å². The molecule has 0 saturated carbocycles. The number of esters is 1. The number of hydrogen-bond donors (Lipinski definition) is 2. The lowest BCUT2D eigenvalue weighted by molar-refractivity contribution is 0.0551. The van der Waals surface area contributed by atoms with E-state index < -0.39 is 5.97 Å². The summed E-state index contributed by atoms with van der Waals surface area (Å²) in [6.07, 6.45) is 3.67. The molecular formula is C16H16N2O2. The Kier molecular flexibility index (Phi) is 4.39. The van der Waals surface area contributed by atoms with E-state index in [1.54, 1.807) is 18.2 Å². The van der Waals surface area contributed by atoms with Crippen LogP contribution in [0.1, 0.15) is 15.9 Å². The number of nitrogens with two attached hydrogens (primary N) is 2. The molecule has 0 aromatic heterocycles. The zero-order valence-corrected chi connectivity index (χ0v) is 11.0. The van der Waals surface area contributed by atoms with Crippen molar-refractivity contribution in [2.45, 2.75) is 0 Å². The lowest BCUT2D eigenvalue weighted by Crippen LogP contribution is -2.08. The van der Waals surface area contributed by atoms with Crippen LogP contribution >= 0.6 is 0 Å². The van der Waals surface area contributed by atoms with E-state index >= 15 is 0 Å². The van der Waals surface area contributed by atoms with Gasteiger partial charge in [-0.3, -0.25) is 0 Å². The monoisotopic (exact) mass is 268 g/mol. The molecule has 2 aromatic rings. The Hall–Kier alpha value is -2.75. The van der Waals surface area contributed by atoms with Gasteiger partial charge in [0.2, 0.25) is 0 Å². The van der Waals surface area contributed by atoms with Gasteiger partial charge in [0.15, 0.2) is 0 Å². The number of carbonyl (C=O) groups excluding carboxylic acids is 1. The molecule has 4 N–H and O–H groups in total. The largest absolute Gasteiger partial charge is 0.458 e. The van der Waals surface area contributed by atoms with Crippen LogP contribution in [0.3, 0.4) is 0 Å². The van der Waals surface area contributed by atoms with E-state index in [1.165, 1.54) is 6.07 Å². The number of hydrogen-bond acceptors (Lipinski definition) is 4. The van der Waals surface area contributed by atoms with E-state index in [2.05, 4.69) is 0 Å². The molecule has 0 saturated heterocycles. The fraction of sp³-hybridized carbons (Fsp3) is 0.0625. The van der Waals surface area contributed by atoms with Gasteiger partial charge in [-0.2, -0.15) is 0 Å². The van der Waals surface area contributed by atoms with Crippen LogP contribution in [0.2, 0.25) is 0 Å². The van der Waals surface area contributed by atoms with E-state index in [4.69, 9.17) is 16.2 Å². The van der Waals surface area contributed by atoms with Crippen molar-refractivity contribution >= 4 is 23.4 Å². The molecule has 2 aromatic carbocycles. The van der Waals surface area contributed by atoms with Crippen molar-refractivity contribution in [1.82, 2.24) is 0 Å². The quantitative estimate of drug-likeness (QED) is 0.660. The van der Waals surface area contributed by atoms with E-state index in [-0.39, 0.29) is 6.61 Å². The van der Waals surface area contributed by atoms with Gasteiger partial charge < -0.3 is 16.2 Å². The lowest BCUT2D eigenvalue weighted by atomic mass is 10.1. The molecule has 0 aliphatic heterocycles. The van der Waals surface area contributed by atoms with Gasteiger partial charge in [0.05, 0.1) is 5.56 Å². The van der Waals surface area contributed by atoms with E-state index in [0.29, 0.717) is 16.9 Å². The van der Waals surface area contributed by atoms with Crippen LogP contribution in [-0.2, 0) is 4.74 Å². The van der Waals surface area contributed by atoms with Crippen molar-refractivity contribution < 1.29 is 9.53 Å². The van der Waals surface area contributed by atoms with Gasteiger partial charge in [0.25, 0.3) is 0 Å². The molecule has 0 heterocycles. The highest BCUT2D eigenvalue weighted by Crippen LogP contribution is 2.16. The molecule has 0 spiro atoms. The maximum absolute atomic E-state index is 11.8. The summed E-state index contributed by atoms with van der Waals surface area (Å²) in [5, 5.41) is 0. The van der Waals surface area contributed by atoms with Gasteiger partial charge in [-0.05, 0) is 29.8 Å². The minimum atomic E-state index is -0.458. The first-order valence-corrected chi connectivity index (χ1v) is 6.20. The van der Waals surface area contributed by atoms with Crippen LogP contribution in [0, 0.1) is 0 Å². The maximum atomic E-state index is 11.8. The topological polar surface area (TPSA) is 78.3 Å². The highest BCUT2D eigenvalue weighted by atomic mass is 16.5. The number of benzene rings is 2. The Morgan fingerprint density at radius 2 is 1.85 bits per heavy atom. The Bertz CT molecular complexity index is 622. The van der Waals surface area contributed by atoms with Crippen molar-refractivity contribution in [2.75, 3.05) is 18.1 Å². The Morgan fingerprint density at radius 1 is 1.10 bits per heavy atom. The molecule has 0 atom stereocenters. The maximum Gasteiger partial charge on any atom is 0.340 e. The highest BCUT2D eigenvalue weighted by molar-refractivity contribution is 5.95. The Morgan fingerprint density at radius 3 is 2.55 bits per heavy atom. The number of rotatable bonds is 4. The summed E-state index contributed by atoms with van der Waals surface area (Å²) in [5.41, 5.74) is 13.5. The van der Waals surface area contributed by atoms with Gasteiger partial charge >= 0.3 is 5.97 Å². The molecular weight excluding hydrogens is 252 g/mol. The van der Waals surface area contributed by atoms with Crippen LogP contribution in [0.4, 0.5) is 11.4 Å². The summed E-state index contributed by atoms with van der Waals surface area (Å²) >= 11 is 0. The summed E-state index contributed by atoms with van der Waals surface area (Å²) in [6.45, 7) is 0.192. The second-order valence-corrected chi connectivity index (χ2v) is 4.26. The van der Waals surface area contributed by atoms with Crippen molar-refractivity contribution in [3.8, 4) is 0 Å². The summed E-state index contributed by atoms with van der Waals surface area (Å²) in [4.78, 5) is 11.8. The van der Waals surface area contributed by atoms with Crippen molar-refractivity contribution in [3.05, 3.63) is 65.7 Å². The SMILES string of the molecule is Nc1ccc(C(=O)OCC=Cc2ccccc2)c(N)c1.